The van der Waals surface area contributed by atoms with Crippen LogP contribution in [0.3, 0.4) is 0 Å². The van der Waals surface area contributed by atoms with Crippen molar-refractivity contribution >= 4 is 22.8 Å². The van der Waals surface area contributed by atoms with Crippen molar-refractivity contribution in [3.63, 3.8) is 0 Å². The topological polar surface area (TPSA) is 65.8 Å². The third kappa shape index (κ3) is 3.52. The summed E-state index contributed by atoms with van der Waals surface area (Å²) in [5, 5.41) is 3.20. The van der Waals surface area contributed by atoms with Crippen LogP contribution in [0.2, 0.25) is 0 Å². The van der Waals surface area contributed by atoms with E-state index in [-0.39, 0.29) is 0 Å². The molecule has 0 amide bonds. The largest absolute Gasteiger partial charge is 0.493 e. The van der Waals surface area contributed by atoms with Crippen LogP contribution in [0.1, 0.15) is 11.1 Å². The summed E-state index contributed by atoms with van der Waals surface area (Å²) >= 11 is 0. The predicted molar refractivity (Wildman–Crippen MR) is 118 cm³/mol. The average molecular weight is 404 g/mol. The highest BCUT2D eigenvalue weighted by Gasteiger charge is 2.16. The Bertz CT molecular complexity index is 1190. The molecule has 0 aliphatic heterocycles. The minimum absolute atomic E-state index is 0.385. The van der Waals surface area contributed by atoms with E-state index in [0.29, 0.717) is 29.0 Å². The number of nitrogens with zero attached hydrogens (tertiary/aromatic N) is 1. The number of ether oxygens (including phenoxy) is 3. The zero-order valence-corrected chi connectivity index (χ0v) is 17.7. The van der Waals surface area contributed by atoms with Crippen LogP contribution in [0.15, 0.2) is 52.9 Å². The fourth-order valence-corrected chi connectivity index (χ4v) is 3.42. The van der Waals surface area contributed by atoms with Crippen molar-refractivity contribution < 1.29 is 18.6 Å². The van der Waals surface area contributed by atoms with Crippen LogP contribution < -0.4 is 19.5 Å². The Kier molecular flexibility index (Phi) is 5.23. The second kappa shape index (κ2) is 7.99. The first-order valence-corrected chi connectivity index (χ1v) is 9.58. The Hall–Kier alpha value is -3.67. The molecule has 1 heterocycles. The first-order chi connectivity index (χ1) is 14.5. The van der Waals surface area contributed by atoms with Gasteiger partial charge in [-0.25, -0.2) is 0 Å². The van der Waals surface area contributed by atoms with Gasteiger partial charge in [-0.05, 0) is 36.6 Å². The molecule has 0 fully saturated rings. The summed E-state index contributed by atoms with van der Waals surface area (Å²) in [6, 6.07) is 16.3. The molecule has 30 heavy (non-hydrogen) atoms. The number of oxazole rings is 1. The minimum Gasteiger partial charge on any atom is -0.493 e. The van der Waals surface area contributed by atoms with Crippen molar-refractivity contribution in [3.05, 3.63) is 59.7 Å². The summed E-state index contributed by atoms with van der Waals surface area (Å²) < 4.78 is 22.3. The van der Waals surface area contributed by atoms with E-state index in [0.717, 1.165) is 22.2 Å². The summed E-state index contributed by atoms with van der Waals surface area (Å²) in [7, 11) is 4.73. The molecule has 0 saturated carbocycles. The number of hydrogen-bond acceptors (Lipinski definition) is 6. The van der Waals surface area contributed by atoms with Gasteiger partial charge in [0.1, 0.15) is 5.52 Å². The van der Waals surface area contributed by atoms with Crippen LogP contribution in [0.4, 0.5) is 11.7 Å². The van der Waals surface area contributed by atoms with Crippen molar-refractivity contribution in [2.24, 2.45) is 0 Å². The van der Waals surface area contributed by atoms with Crippen molar-refractivity contribution in [2.45, 2.75) is 13.8 Å². The molecule has 4 rings (SSSR count). The van der Waals surface area contributed by atoms with Gasteiger partial charge in [0.2, 0.25) is 5.75 Å². The fraction of sp³-hybridized carbons (Fsp3) is 0.208. The predicted octanol–water partition coefficient (Wildman–Crippen LogP) is 5.88. The summed E-state index contributed by atoms with van der Waals surface area (Å²) in [6.45, 7) is 4.21. The molecule has 0 radical (unpaired) electrons. The van der Waals surface area contributed by atoms with Crippen molar-refractivity contribution in [1.82, 2.24) is 4.98 Å². The fourth-order valence-electron chi connectivity index (χ4n) is 3.42. The number of aromatic nitrogens is 1. The van der Waals surface area contributed by atoms with Crippen molar-refractivity contribution in [2.75, 3.05) is 26.6 Å². The summed E-state index contributed by atoms with van der Waals surface area (Å²) in [4.78, 5) is 4.60. The maximum absolute atomic E-state index is 6.10. The second-order valence-corrected chi connectivity index (χ2v) is 7.01. The third-order valence-corrected chi connectivity index (χ3v) is 5.15. The number of benzene rings is 3. The Balaban J connectivity index is 1.74. The van der Waals surface area contributed by atoms with E-state index < -0.39 is 0 Å². The van der Waals surface area contributed by atoms with E-state index in [2.05, 4.69) is 42.3 Å². The number of nitrogens with one attached hydrogen (secondary N) is 1. The molecule has 0 aliphatic carbocycles. The first-order valence-electron chi connectivity index (χ1n) is 9.58. The molecule has 0 saturated heterocycles. The lowest BCUT2D eigenvalue weighted by Gasteiger charge is -2.14. The maximum Gasteiger partial charge on any atom is 0.300 e. The summed E-state index contributed by atoms with van der Waals surface area (Å²) in [6.07, 6.45) is 0. The van der Waals surface area contributed by atoms with E-state index in [1.165, 1.54) is 11.1 Å². The molecule has 0 bridgehead atoms. The van der Waals surface area contributed by atoms with Gasteiger partial charge in [-0.2, -0.15) is 4.98 Å². The Morgan fingerprint density at radius 3 is 2.20 bits per heavy atom. The van der Waals surface area contributed by atoms with Crippen molar-refractivity contribution in [1.29, 1.82) is 0 Å². The zero-order chi connectivity index (χ0) is 21.3. The molecule has 0 atom stereocenters. The quantitative estimate of drug-likeness (QED) is 0.433. The van der Waals surface area contributed by atoms with Gasteiger partial charge >= 0.3 is 0 Å². The van der Waals surface area contributed by atoms with E-state index in [9.17, 15) is 0 Å². The maximum atomic E-state index is 6.10. The molecule has 1 aromatic heterocycles. The molecular weight excluding hydrogens is 380 g/mol. The van der Waals surface area contributed by atoms with E-state index >= 15 is 0 Å². The standard InChI is InChI=1S/C24H24N2O4/c1-14-9-10-16(11-15(14)2)18-7-6-8-19-22(18)30-24(26-19)25-17-12-20(27-3)23(29-5)21(13-17)28-4/h6-13H,1-5H3,(H,25,26). The van der Waals surface area contributed by atoms with Gasteiger partial charge in [-0.3, -0.25) is 0 Å². The smallest absolute Gasteiger partial charge is 0.300 e. The highest BCUT2D eigenvalue weighted by atomic mass is 16.5. The SMILES string of the molecule is COc1cc(Nc2nc3cccc(-c4ccc(C)c(C)c4)c3o2)cc(OC)c1OC. The van der Waals surface area contributed by atoms with E-state index in [1.54, 1.807) is 33.5 Å². The minimum atomic E-state index is 0.385. The van der Waals surface area contributed by atoms with E-state index in [4.69, 9.17) is 18.6 Å². The molecule has 1 N–H and O–H groups in total. The highest BCUT2D eigenvalue weighted by Crippen LogP contribution is 2.41. The first kappa shape index (κ1) is 19.6. The molecular formula is C24H24N2O4. The molecule has 154 valence electrons. The number of para-hydroxylation sites is 1. The van der Waals surface area contributed by atoms with Crippen LogP contribution in [-0.2, 0) is 0 Å². The van der Waals surface area contributed by atoms with Gasteiger partial charge in [0.15, 0.2) is 17.1 Å². The number of rotatable bonds is 6. The monoisotopic (exact) mass is 404 g/mol. The van der Waals surface area contributed by atoms with Crippen LogP contribution in [-0.4, -0.2) is 26.3 Å². The second-order valence-electron chi connectivity index (χ2n) is 7.01. The van der Waals surface area contributed by atoms with Crippen LogP contribution >= 0.6 is 0 Å². The molecule has 6 heteroatoms. The Morgan fingerprint density at radius 1 is 0.833 bits per heavy atom. The van der Waals surface area contributed by atoms with Crippen LogP contribution in [0.5, 0.6) is 17.2 Å². The molecule has 6 nitrogen and oxygen atoms in total. The normalized spacial score (nSPS) is 10.8. The average Bonchev–Trinajstić information content (AvgIpc) is 3.17. The van der Waals surface area contributed by atoms with E-state index in [1.807, 2.05) is 18.2 Å². The number of methoxy groups -OCH3 is 3. The molecule has 0 spiro atoms. The Morgan fingerprint density at radius 2 is 1.57 bits per heavy atom. The van der Waals surface area contributed by atoms with Gasteiger partial charge in [-0.15, -0.1) is 0 Å². The summed E-state index contributed by atoms with van der Waals surface area (Å²) in [5.41, 5.74) is 6.81. The third-order valence-electron chi connectivity index (χ3n) is 5.15. The zero-order valence-electron chi connectivity index (χ0n) is 17.7. The van der Waals surface area contributed by atoms with Gasteiger partial charge in [-0.1, -0.05) is 30.3 Å². The van der Waals surface area contributed by atoms with Gasteiger partial charge in [0, 0.05) is 23.4 Å². The van der Waals surface area contributed by atoms with Crippen LogP contribution in [0, 0.1) is 13.8 Å². The number of fused-ring (bicyclic) bond motifs is 1. The molecule has 0 unspecified atom stereocenters. The highest BCUT2D eigenvalue weighted by molar-refractivity contribution is 5.91. The van der Waals surface area contributed by atoms with Crippen LogP contribution in [0.25, 0.3) is 22.2 Å². The lowest BCUT2D eigenvalue weighted by molar-refractivity contribution is 0.324. The summed E-state index contributed by atoms with van der Waals surface area (Å²) in [5.74, 6) is 1.62. The lowest BCUT2D eigenvalue weighted by atomic mass is 10.00. The molecule has 4 aromatic rings. The number of aryl methyl sites for hydroxylation is 2. The number of anilines is 2. The van der Waals surface area contributed by atoms with Gasteiger partial charge in [0.05, 0.1) is 21.3 Å². The number of hydrogen-bond donors (Lipinski definition) is 1. The molecule has 3 aromatic carbocycles. The molecule has 0 aliphatic rings. The van der Waals surface area contributed by atoms with Gasteiger partial charge < -0.3 is 23.9 Å². The van der Waals surface area contributed by atoms with Crippen molar-refractivity contribution in [3.8, 4) is 28.4 Å². The van der Waals surface area contributed by atoms with Gasteiger partial charge in [0.25, 0.3) is 6.01 Å². The Labute approximate surface area is 175 Å². The lowest BCUT2D eigenvalue weighted by Crippen LogP contribution is -1.97.